The number of hydrogen-bond acceptors (Lipinski definition) is 4. The van der Waals surface area contributed by atoms with Gasteiger partial charge in [-0.15, -0.1) is 0 Å². The minimum Gasteiger partial charge on any atom is -0.423 e. The topological polar surface area (TPSA) is 80.7 Å². The van der Waals surface area contributed by atoms with Gasteiger partial charge in [0, 0.05) is 0 Å². The van der Waals surface area contributed by atoms with Crippen LogP contribution in [0.5, 0.6) is 5.75 Å². The van der Waals surface area contributed by atoms with Crippen LogP contribution in [0.2, 0.25) is 0 Å². The number of rotatable bonds is 6. The molecule has 0 atom stereocenters. The molecule has 6 heteroatoms. The molecule has 3 fully saturated rings. The summed E-state index contributed by atoms with van der Waals surface area (Å²) in [5.74, 6) is 1.52. The molecule has 0 aromatic heterocycles. The summed E-state index contributed by atoms with van der Waals surface area (Å²) in [7, 11) is -4.34. The Kier molecular flexibility index (Phi) is 8.88. The van der Waals surface area contributed by atoms with Crippen molar-refractivity contribution in [2.45, 2.75) is 145 Å². The van der Waals surface area contributed by atoms with E-state index in [0.717, 1.165) is 49.7 Å². The number of esters is 1. The molecule has 4 aliphatic carbocycles. The molecule has 222 valence electrons. The van der Waals surface area contributed by atoms with Crippen LogP contribution < -0.4 is 4.74 Å². The molecule has 0 amide bonds. The zero-order valence-electron chi connectivity index (χ0n) is 24.5. The summed E-state index contributed by atoms with van der Waals surface area (Å²) in [5.41, 5.74) is 6.03. The Balaban J connectivity index is 1.45. The summed E-state index contributed by atoms with van der Waals surface area (Å²) < 4.78 is 40.4. The van der Waals surface area contributed by atoms with Crippen LogP contribution >= 0.6 is 0 Å². The fourth-order valence-corrected chi connectivity index (χ4v) is 9.16. The average molecular weight is 579 g/mol. The molecule has 41 heavy (non-hydrogen) atoms. The minimum atomic E-state index is -4.34. The lowest BCUT2D eigenvalue weighted by Gasteiger charge is -2.32. The number of ether oxygens (including phenoxy) is 1. The summed E-state index contributed by atoms with van der Waals surface area (Å²) in [6.07, 6.45) is 21.2. The predicted octanol–water partition coefficient (Wildman–Crippen LogP) is 9.17. The van der Waals surface area contributed by atoms with Crippen molar-refractivity contribution < 1.29 is 22.5 Å². The Hall–Kier alpha value is -2.18. The highest BCUT2D eigenvalue weighted by atomic mass is 32.2. The largest absolute Gasteiger partial charge is 0.423 e. The van der Waals surface area contributed by atoms with E-state index in [1.54, 1.807) is 6.07 Å². The Labute approximate surface area is 246 Å². The van der Waals surface area contributed by atoms with Crippen molar-refractivity contribution in [3.05, 3.63) is 57.6 Å². The van der Waals surface area contributed by atoms with Gasteiger partial charge in [0.25, 0.3) is 10.1 Å². The molecule has 0 saturated heterocycles. The van der Waals surface area contributed by atoms with Gasteiger partial charge in [0.05, 0.1) is 10.5 Å². The molecule has 0 bridgehead atoms. The highest BCUT2D eigenvalue weighted by molar-refractivity contribution is 7.85. The van der Waals surface area contributed by atoms with E-state index in [9.17, 15) is 17.8 Å². The summed E-state index contributed by atoms with van der Waals surface area (Å²) in [6.45, 7) is 0. The standard InChI is InChI=1S/C35H46O5S/c36-35(40-32-20-21-33(41(37,38)39)29-19-11-10-18-28(29)32)34-30(25-14-6-2-7-15-25)22-27(24-12-4-1-5-13-24)23-31(34)26-16-8-3-9-17-26/h20-26H,1-19H2,(H,37,38,39). The highest BCUT2D eigenvalue weighted by Crippen LogP contribution is 2.45. The Morgan fingerprint density at radius 3 is 1.66 bits per heavy atom. The summed E-state index contributed by atoms with van der Waals surface area (Å²) in [6, 6.07) is 7.79. The van der Waals surface area contributed by atoms with E-state index >= 15 is 0 Å². The van der Waals surface area contributed by atoms with Crippen LogP contribution in [0.15, 0.2) is 29.2 Å². The molecule has 0 aliphatic heterocycles. The third kappa shape index (κ3) is 6.29. The van der Waals surface area contributed by atoms with Gasteiger partial charge in [0.2, 0.25) is 0 Å². The minimum absolute atomic E-state index is 0.0466. The monoisotopic (exact) mass is 578 g/mol. The molecule has 0 heterocycles. The Morgan fingerprint density at radius 2 is 1.15 bits per heavy atom. The first kappa shape index (κ1) is 28.9. The van der Waals surface area contributed by atoms with E-state index in [-0.39, 0.29) is 10.9 Å². The number of carbonyl (C=O) groups excluding carboxylic acids is 1. The smallest absolute Gasteiger partial charge is 0.344 e. The molecule has 0 unspecified atom stereocenters. The number of benzene rings is 2. The number of hydrogen-bond donors (Lipinski definition) is 1. The molecule has 6 rings (SSSR count). The third-order valence-electron chi connectivity index (χ3n) is 10.5. The van der Waals surface area contributed by atoms with Gasteiger partial charge in [-0.1, -0.05) is 69.9 Å². The third-order valence-corrected chi connectivity index (χ3v) is 11.5. The average Bonchev–Trinajstić information content (AvgIpc) is 3.01. The normalized spacial score (nSPS) is 21.4. The maximum absolute atomic E-state index is 14.4. The predicted molar refractivity (Wildman–Crippen MR) is 162 cm³/mol. The summed E-state index contributed by atoms with van der Waals surface area (Å²) in [5, 5.41) is 0. The SMILES string of the molecule is O=C(Oc1ccc(S(=O)(=O)O)c2c1CCCC2)c1c(C2CCCCC2)cc(C2CCCCC2)cc1C1CCCCC1. The second kappa shape index (κ2) is 12.6. The zero-order valence-corrected chi connectivity index (χ0v) is 25.3. The van der Waals surface area contributed by atoms with Gasteiger partial charge in [-0.2, -0.15) is 8.42 Å². The van der Waals surface area contributed by atoms with Gasteiger partial charge >= 0.3 is 5.97 Å². The van der Waals surface area contributed by atoms with Gasteiger partial charge in [-0.25, -0.2) is 4.79 Å². The van der Waals surface area contributed by atoms with Crippen molar-refractivity contribution in [1.29, 1.82) is 0 Å². The lowest BCUT2D eigenvalue weighted by Crippen LogP contribution is -2.22. The molecule has 2 aromatic carbocycles. The van der Waals surface area contributed by atoms with Crippen LogP contribution in [0, 0.1) is 0 Å². The van der Waals surface area contributed by atoms with Crippen LogP contribution in [0.3, 0.4) is 0 Å². The van der Waals surface area contributed by atoms with Crippen molar-refractivity contribution in [2.75, 3.05) is 0 Å². The van der Waals surface area contributed by atoms with E-state index in [0.29, 0.717) is 41.9 Å². The maximum Gasteiger partial charge on any atom is 0.344 e. The lowest BCUT2D eigenvalue weighted by atomic mass is 9.73. The van der Waals surface area contributed by atoms with Crippen molar-refractivity contribution in [2.24, 2.45) is 0 Å². The molecule has 2 aromatic rings. The van der Waals surface area contributed by atoms with Crippen LogP contribution in [-0.4, -0.2) is 18.9 Å². The first-order chi connectivity index (χ1) is 19.9. The Morgan fingerprint density at radius 1 is 0.659 bits per heavy atom. The molecule has 3 saturated carbocycles. The number of fused-ring (bicyclic) bond motifs is 1. The van der Waals surface area contributed by atoms with Crippen LogP contribution in [0.4, 0.5) is 0 Å². The maximum atomic E-state index is 14.4. The van der Waals surface area contributed by atoms with Crippen molar-refractivity contribution in [3.8, 4) is 5.75 Å². The first-order valence-corrected chi connectivity index (χ1v) is 17.9. The van der Waals surface area contributed by atoms with Crippen molar-refractivity contribution in [3.63, 3.8) is 0 Å². The molecular weight excluding hydrogens is 532 g/mol. The highest BCUT2D eigenvalue weighted by Gasteiger charge is 2.32. The summed E-state index contributed by atoms with van der Waals surface area (Å²) in [4.78, 5) is 14.4. The quantitative estimate of drug-likeness (QED) is 0.210. The van der Waals surface area contributed by atoms with E-state index in [1.807, 2.05) is 0 Å². The van der Waals surface area contributed by atoms with Gasteiger partial charge < -0.3 is 4.74 Å². The summed E-state index contributed by atoms with van der Waals surface area (Å²) >= 11 is 0. The molecule has 1 N–H and O–H groups in total. The molecule has 4 aliphatic rings. The Bertz CT molecular complexity index is 1320. The molecule has 5 nitrogen and oxygen atoms in total. The van der Waals surface area contributed by atoms with E-state index in [2.05, 4.69) is 12.1 Å². The first-order valence-electron chi connectivity index (χ1n) is 16.4. The lowest BCUT2D eigenvalue weighted by molar-refractivity contribution is 0.0728. The fraction of sp³-hybridized carbons (Fsp3) is 0.629. The van der Waals surface area contributed by atoms with Crippen LogP contribution in [0.25, 0.3) is 0 Å². The van der Waals surface area contributed by atoms with Gasteiger partial charge in [-0.3, -0.25) is 4.55 Å². The van der Waals surface area contributed by atoms with Crippen LogP contribution in [-0.2, 0) is 23.0 Å². The van der Waals surface area contributed by atoms with Crippen LogP contribution in [0.1, 0.15) is 165 Å². The second-order valence-electron chi connectivity index (χ2n) is 13.2. The van der Waals surface area contributed by atoms with Gasteiger partial charge in [0.1, 0.15) is 5.75 Å². The van der Waals surface area contributed by atoms with Crippen molar-refractivity contribution >= 4 is 16.1 Å². The van der Waals surface area contributed by atoms with Crippen molar-refractivity contribution in [1.82, 2.24) is 0 Å². The molecular formula is C35H46O5S. The molecule has 0 radical (unpaired) electrons. The van der Waals surface area contributed by atoms with Gasteiger partial charge in [0.15, 0.2) is 0 Å². The number of carbonyl (C=O) groups is 1. The van der Waals surface area contributed by atoms with E-state index in [1.165, 1.54) is 93.4 Å². The van der Waals surface area contributed by atoms with E-state index < -0.39 is 10.1 Å². The molecule has 0 spiro atoms. The fourth-order valence-electron chi connectivity index (χ4n) is 8.38. The van der Waals surface area contributed by atoms with Gasteiger partial charge in [-0.05, 0) is 122 Å². The second-order valence-corrected chi connectivity index (χ2v) is 14.6. The zero-order chi connectivity index (χ0) is 28.4. The van der Waals surface area contributed by atoms with E-state index in [4.69, 9.17) is 4.74 Å².